The molecule has 0 atom stereocenters. The Balaban J connectivity index is 1.39. The Morgan fingerprint density at radius 2 is 2.03 bits per heavy atom. The van der Waals surface area contributed by atoms with Crippen molar-refractivity contribution in [2.75, 3.05) is 17.2 Å². The molecule has 148 valence electrons. The zero-order valence-electron chi connectivity index (χ0n) is 16.1. The second-order valence-electron chi connectivity index (χ2n) is 7.09. The minimum Gasteiger partial charge on any atom is -0.510 e. The lowest BCUT2D eigenvalue weighted by atomic mass is 10.1. The quantitative estimate of drug-likeness (QED) is 0.293. The summed E-state index contributed by atoms with van der Waals surface area (Å²) in [4.78, 5) is 8.78. The lowest BCUT2D eigenvalue weighted by Gasteiger charge is -2.09. The number of anilines is 3. The average molecular weight is 389 g/mol. The van der Waals surface area contributed by atoms with E-state index in [1.165, 1.54) is 18.9 Å². The lowest BCUT2D eigenvalue weighted by molar-refractivity contribution is 0.408. The molecule has 0 unspecified atom stereocenters. The number of benzene rings is 1. The number of hydrogen-bond acceptors (Lipinski definition) is 7. The van der Waals surface area contributed by atoms with Crippen molar-refractivity contribution in [3.63, 3.8) is 0 Å². The van der Waals surface area contributed by atoms with E-state index in [0.29, 0.717) is 17.7 Å². The van der Waals surface area contributed by atoms with E-state index < -0.39 is 0 Å². The topological polar surface area (TPSA) is 123 Å². The summed E-state index contributed by atoms with van der Waals surface area (Å²) in [5.41, 5.74) is 2.84. The second kappa shape index (κ2) is 8.14. The van der Waals surface area contributed by atoms with Crippen LogP contribution >= 0.6 is 0 Å². The first kappa shape index (κ1) is 18.7. The third kappa shape index (κ3) is 4.98. The normalized spacial score (nSPS) is 13.9. The van der Waals surface area contributed by atoms with Gasteiger partial charge in [0.05, 0.1) is 18.0 Å². The zero-order chi connectivity index (χ0) is 20.2. The highest BCUT2D eigenvalue weighted by molar-refractivity contribution is 6.06. The molecule has 0 aliphatic heterocycles. The largest absolute Gasteiger partial charge is 0.510 e. The predicted molar refractivity (Wildman–Crippen MR) is 113 cm³/mol. The predicted octanol–water partition coefficient (Wildman–Crippen LogP) is 4.05. The number of aromatic amines is 1. The van der Waals surface area contributed by atoms with Gasteiger partial charge in [0.25, 0.3) is 0 Å². The number of hydrogen-bond donors (Lipinski definition) is 5. The molecular weight excluding hydrogens is 366 g/mol. The molecule has 0 amide bonds. The van der Waals surface area contributed by atoms with Crippen LogP contribution in [0.4, 0.5) is 17.6 Å². The van der Waals surface area contributed by atoms with E-state index in [9.17, 15) is 5.11 Å². The second-order valence-corrected chi connectivity index (χ2v) is 7.09. The average Bonchev–Trinajstić information content (AvgIpc) is 3.46. The van der Waals surface area contributed by atoms with Gasteiger partial charge in [0.1, 0.15) is 17.4 Å². The minimum absolute atomic E-state index is 0.0288. The first-order valence-corrected chi connectivity index (χ1v) is 9.52. The van der Waals surface area contributed by atoms with Crippen molar-refractivity contribution in [3.8, 4) is 0 Å². The van der Waals surface area contributed by atoms with E-state index >= 15 is 0 Å². The molecule has 1 aromatic carbocycles. The minimum atomic E-state index is 0.0288. The van der Waals surface area contributed by atoms with Gasteiger partial charge in [-0.25, -0.2) is 4.98 Å². The molecular formula is C21H23N7O. The molecule has 0 bridgehead atoms. The van der Waals surface area contributed by atoms with Crippen LogP contribution in [0.1, 0.15) is 35.7 Å². The van der Waals surface area contributed by atoms with Crippen molar-refractivity contribution in [2.45, 2.75) is 25.7 Å². The SMILES string of the molecule is Cc1cc(Nc2cc(C3CC3)n[nH]2)nc(NC/C(O)=C/C(=N)c2ccccc2)n1. The lowest BCUT2D eigenvalue weighted by Crippen LogP contribution is -2.10. The Kier molecular flexibility index (Phi) is 5.24. The molecule has 4 rings (SSSR count). The summed E-state index contributed by atoms with van der Waals surface area (Å²) in [6.45, 7) is 2.00. The van der Waals surface area contributed by atoms with E-state index in [1.54, 1.807) is 0 Å². The zero-order valence-corrected chi connectivity index (χ0v) is 16.1. The number of aliphatic hydroxyl groups is 1. The summed E-state index contributed by atoms with van der Waals surface area (Å²) in [7, 11) is 0. The molecule has 0 saturated heterocycles. The van der Waals surface area contributed by atoms with Gasteiger partial charge in [0.15, 0.2) is 0 Å². The maximum absolute atomic E-state index is 10.2. The molecule has 1 saturated carbocycles. The Hall–Kier alpha value is -3.68. The molecule has 1 aliphatic carbocycles. The molecule has 8 heteroatoms. The van der Waals surface area contributed by atoms with E-state index in [4.69, 9.17) is 5.41 Å². The maximum Gasteiger partial charge on any atom is 0.225 e. The van der Waals surface area contributed by atoms with Crippen molar-refractivity contribution in [1.29, 1.82) is 5.41 Å². The summed E-state index contributed by atoms with van der Waals surface area (Å²) in [5, 5.41) is 31.7. The summed E-state index contributed by atoms with van der Waals surface area (Å²) in [6, 6.07) is 13.1. The Bertz CT molecular complexity index is 1040. The van der Waals surface area contributed by atoms with Crippen LogP contribution in [0, 0.1) is 12.3 Å². The van der Waals surface area contributed by atoms with Crippen LogP contribution in [0.5, 0.6) is 0 Å². The van der Waals surface area contributed by atoms with Crippen molar-refractivity contribution < 1.29 is 5.11 Å². The fraction of sp³-hybridized carbons (Fsp3) is 0.238. The van der Waals surface area contributed by atoms with Gasteiger partial charge in [-0.05, 0) is 25.3 Å². The standard InChI is InChI=1S/C21H23N7O/c1-13-9-19(25-20-11-18(27-28-20)15-7-8-15)26-21(24-13)23-12-16(29)10-17(22)14-5-3-2-4-6-14/h2-6,9-11,15,22,29H,7-8,12H2,1H3,(H3,23,24,25,26,27,28)/b16-10-,22-17?. The van der Waals surface area contributed by atoms with Gasteiger partial charge in [0.2, 0.25) is 5.95 Å². The van der Waals surface area contributed by atoms with E-state index in [0.717, 1.165) is 22.8 Å². The van der Waals surface area contributed by atoms with Gasteiger partial charge in [-0.2, -0.15) is 10.1 Å². The molecule has 0 spiro atoms. The Morgan fingerprint density at radius 1 is 1.24 bits per heavy atom. The molecule has 1 fully saturated rings. The van der Waals surface area contributed by atoms with Crippen LogP contribution in [0.25, 0.3) is 0 Å². The molecule has 29 heavy (non-hydrogen) atoms. The van der Waals surface area contributed by atoms with Crippen LogP contribution in [0.15, 0.2) is 54.3 Å². The number of nitrogens with zero attached hydrogens (tertiary/aromatic N) is 3. The third-order valence-electron chi connectivity index (χ3n) is 4.53. The number of aromatic nitrogens is 4. The molecule has 8 nitrogen and oxygen atoms in total. The van der Waals surface area contributed by atoms with Gasteiger partial charge < -0.3 is 21.1 Å². The fourth-order valence-electron chi connectivity index (χ4n) is 2.93. The van der Waals surface area contributed by atoms with Gasteiger partial charge in [-0.1, -0.05) is 30.3 Å². The first-order valence-electron chi connectivity index (χ1n) is 9.52. The number of H-pyrrole nitrogens is 1. The van der Waals surface area contributed by atoms with Crippen molar-refractivity contribution in [3.05, 3.63) is 71.3 Å². The summed E-state index contributed by atoms with van der Waals surface area (Å²) in [5.74, 6) is 2.42. The Morgan fingerprint density at radius 3 is 2.79 bits per heavy atom. The van der Waals surface area contributed by atoms with E-state index in [2.05, 4.69) is 30.8 Å². The van der Waals surface area contributed by atoms with Crippen LogP contribution in [0.3, 0.4) is 0 Å². The van der Waals surface area contributed by atoms with Crippen LogP contribution in [0.2, 0.25) is 0 Å². The highest BCUT2D eigenvalue weighted by Crippen LogP contribution is 2.39. The molecule has 2 heterocycles. The smallest absolute Gasteiger partial charge is 0.225 e. The summed E-state index contributed by atoms with van der Waals surface area (Å²) in [6.07, 6.45) is 3.81. The molecule has 1 aliphatic rings. The van der Waals surface area contributed by atoms with E-state index in [-0.39, 0.29) is 18.0 Å². The van der Waals surface area contributed by atoms with Crippen LogP contribution < -0.4 is 10.6 Å². The summed E-state index contributed by atoms with van der Waals surface area (Å²) < 4.78 is 0. The third-order valence-corrected chi connectivity index (χ3v) is 4.53. The first-order chi connectivity index (χ1) is 14.1. The van der Waals surface area contributed by atoms with Crippen molar-refractivity contribution in [2.24, 2.45) is 0 Å². The number of rotatable bonds is 8. The monoisotopic (exact) mass is 389 g/mol. The highest BCUT2D eigenvalue weighted by Gasteiger charge is 2.26. The maximum atomic E-state index is 10.2. The van der Waals surface area contributed by atoms with Crippen LogP contribution in [-0.2, 0) is 0 Å². The van der Waals surface area contributed by atoms with Gasteiger partial charge in [0, 0.05) is 29.8 Å². The highest BCUT2D eigenvalue weighted by atomic mass is 16.3. The van der Waals surface area contributed by atoms with Crippen molar-refractivity contribution in [1.82, 2.24) is 20.2 Å². The van der Waals surface area contributed by atoms with E-state index in [1.807, 2.05) is 49.4 Å². The van der Waals surface area contributed by atoms with Gasteiger partial charge >= 0.3 is 0 Å². The Labute approximate surface area is 168 Å². The molecule has 0 radical (unpaired) electrons. The van der Waals surface area contributed by atoms with Crippen molar-refractivity contribution >= 4 is 23.3 Å². The fourth-order valence-corrected chi connectivity index (χ4v) is 2.93. The molecule has 2 aromatic heterocycles. The number of allylic oxidation sites excluding steroid dienone is 1. The van der Waals surface area contributed by atoms with Gasteiger partial charge in [-0.3, -0.25) is 5.10 Å². The summed E-state index contributed by atoms with van der Waals surface area (Å²) >= 11 is 0. The van der Waals surface area contributed by atoms with Crippen LogP contribution in [-0.4, -0.2) is 37.5 Å². The number of aryl methyl sites for hydroxylation is 1. The number of nitrogens with one attached hydrogen (secondary N) is 4. The molecule has 5 N–H and O–H groups in total. The molecule has 3 aromatic rings. The van der Waals surface area contributed by atoms with Gasteiger partial charge in [-0.15, -0.1) is 0 Å². The number of aliphatic hydroxyl groups excluding tert-OH is 1.